The topological polar surface area (TPSA) is 465 Å². The molecule has 1 unspecified atom stereocenters. The number of aromatic hydroxyl groups is 1. The number of amides is 10. The van der Waals surface area contributed by atoms with Crippen LogP contribution in [0.4, 0.5) is 0 Å². The molecular formula is C57H80N16O14. The second-order valence-electron chi connectivity index (χ2n) is 21.5. The van der Waals surface area contributed by atoms with Crippen LogP contribution in [-0.4, -0.2) is 196 Å². The van der Waals surface area contributed by atoms with Crippen molar-refractivity contribution < 1.29 is 68.1 Å². The molecular weight excluding hydrogens is 1130 g/mol. The molecule has 0 aliphatic carbocycles. The summed E-state index contributed by atoms with van der Waals surface area (Å²) in [4.78, 5) is 163. The maximum absolute atomic E-state index is 14.4. The van der Waals surface area contributed by atoms with E-state index in [-0.39, 0.29) is 93.9 Å². The summed E-state index contributed by atoms with van der Waals surface area (Å²) in [5.41, 5.74) is 12.7. The van der Waals surface area contributed by atoms with Crippen LogP contribution in [0.2, 0.25) is 0 Å². The van der Waals surface area contributed by atoms with Crippen LogP contribution in [0.1, 0.15) is 90.2 Å². The SMILES string of the molecule is CC(=O)O.CCNC(=O)[C@@H]1CCCN1C(=O)[C@H](CCCN=C(N)N)NC(=O)[C@H](CC(C)C)NC(=O)CNC(=O)[C@H](Cc1ccc(O)cc1)NC(=O)[C@H](CO)NC(=O)[C@H](Cc1c[nH]c2ccccc12)NC(=O)[C@H](CC1C=NC=N1)NC(=O)[C@@H]1CCC(=O)N1. The number of carbonyl (C=O) groups excluding carboxylic acids is 10. The van der Waals surface area contributed by atoms with Crippen LogP contribution in [0.5, 0.6) is 5.75 Å². The summed E-state index contributed by atoms with van der Waals surface area (Å²) >= 11 is 0. The smallest absolute Gasteiger partial charge is 0.300 e. The predicted molar refractivity (Wildman–Crippen MR) is 318 cm³/mol. The highest BCUT2D eigenvalue weighted by Gasteiger charge is 2.39. The van der Waals surface area contributed by atoms with Crippen molar-refractivity contribution in [3.8, 4) is 5.75 Å². The lowest BCUT2D eigenvalue weighted by Crippen LogP contribution is -2.60. The molecule has 3 aromatic rings. The molecule has 472 valence electrons. The molecule has 87 heavy (non-hydrogen) atoms. The summed E-state index contributed by atoms with van der Waals surface area (Å²) in [6.07, 6.45) is 5.74. The van der Waals surface area contributed by atoms with Crippen molar-refractivity contribution in [2.75, 3.05) is 32.8 Å². The van der Waals surface area contributed by atoms with E-state index in [1.165, 1.54) is 41.7 Å². The first-order valence-electron chi connectivity index (χ1n) is 28.7. The Bertz CT molecular complexity index is 3000. The number of H-pyrrole nitrogens is 1. The van der Waals surface area contributed by atoms with Crippen molar-refractivity contribution in [3.05, 3.63) is 65.9 Å². The number of likely N-dealkylation sites (N-methyl/N-ethyl adjacent to an activating group) is 1. The van der Waals surface area contributed by atoms with Gasteiger partial charge in [-0.1, -0.05) is 44.2 Å². The number of aromatic nitrogens is 1. The summed E-state index contributed by atoms with van der Waals surface area (Å²) in [5.74, 6) is -8.25. The van der Waals surface area contributed by atoms with Crippen molar-refractivity contribution in [2.24, 2.45) is 32.4 Å². The first-order chi connectivity index (χ1) is 41.5. The average molecular weight is 1210 g/mol. The summed E-state index contributed by atoms with van der Waals surface area (Å²) in [6, 6.07) is 2.29. The number of carboxylic acids is 1. The Morgan fingerprint density at radius 3 is 2.06 bits per heavy atom. The largest absolute Gasteiger partial charge is 0.508 e. The van der Waals surface area contributed by atoms with Crippen LogP contribution in [0.15, 0.2) is 69.7 Å². The maximum Gasteiger partial charge on any atom is 0.300 e. The third-order valence-corrected chi connectivity index (χ3v) is 14.1. The zero-order valence-electron chi connectivity index (χ0n) is 49.0. The predicted octanol–water partition coefficient (Wildman–Crippen LogP) is -2.86. The highest BCUT2D eigenvalue weighted by Crippen LogP contribution is 2.22. The van der Waals surface area contributed by atoms with E-state index < -0.39 is 121 Å². The zero-order chi connectivity index (χ0) is 63.7. The second kappa shape index (κ2) is 33.9. The monoisotopic (exact) mass is 1210 g/mol. The Balaban J connectivity index is 0.00000334. The standard InChI is InChI=1S/C55H76N16O12.C2H4O2/c1-4-59-53(82)44-12-8-20-71(44)54(83)38(11-7-19-60-55(56)57)66-49(78)39(21-30(2)3)65-46(75)27-62-47(76)40(22-31-13-15-34(73)16-14-31)67-52(81)43(28-72)70-50(79)41(23-32-25-61-36-10-6-5-9-35(32)36)68-51(80)42(24-33-26-58-29-63-33)69-48(77)37-17-18-45(74)64-37;1-2(3)4/h5-6,9-10,13-16,25-26,29-30,33,37-44,61,72-73H,4,7-8,11-12,17-24,27-28H2,1-3H3,(H,59,82)(H,62,76)(H,64,74)(H,65,75)(H,66,78)(H,67,81)(H,68,80)(H,69,77)(H,70,79)(H4,56,57,60);1H3,(H,3,4)/t33?,37-,38-,39-,40-,41-,42-,43-,44-;/m0./s1. The van der Waals surface area contributed by atoms with Crippen molar-refractivity contribution >= 4 is 94.5 Å². The minimum atomic E-state index is -1.74. The molecule has 2 aromatic carbocycles. The fourth-order valence-corrected chi connectivity index (χ4v) is 9.86. The summed E-state index contributed by atoms with van der Waals surface area (Å²) in [7, 11) is 0. The van der Waals surface area contributed by atoms with Gasteiger partial charge in [0.05, 0.1) is 19.2 Å². The van der Waals surface area contributed by atoms with E-state index in [0.29, 0.717) is 35.9 Å². The highest BCUT2D eigenvalue weighted by atomic mass is 16.4. The van der Waals surface area contributed by atoms with Gasteiger partial charge in [-0.05, 0) is 80.7 Å². The number of benzene rings is 2. The van der Waals surface area contributed by atoms with E-state index in [1.807, 2.05) is 13.8 Å². The molecule has 2 saturated heterocycles. The van der Waals surface area contributed by atoms with Crippen molar-refractivity contribution in [1.82, 2.24) is 57.7 Å². The Morgan fingerprint density at radius 2 is 1.43 bits per heavy atom. The molecule has 30 heteroatoms. The van der Waals surface area contributed by atoms with Crippen LogP contribution in [0, 0.1) is 5.92 Å². The summed E-state index contributed by atoms with van der Waals surface area (Å²) in [5, 5.41) is 52.4. The van der Waals surface area contributed by atoms with E-state index in [2.05, 4.69) is 67.8 Å². The number of aliphatic imine (C=N–C) groups is 3. The fraction of sp³-hybridized carbons (Fsp3) is 0.509. The second-order valence-corrected chi connectivity index (χ2v) is 21.5. The number of rotatable bonds is 30. The number of likely N-dealkylation sites (tertiary alicyclic amines) is 1. The number of nitrogens with one attached hydrogen (secondary N) is 10. The number of hydrogen-bond acceptors (Lipinski definition) is 16. The first-order valence-corrected chi connectivity index (χ1v) is 28.7. The number of carbonyl (C=O) groups is 11. The summed E-state index contributed by atoms with van der Waals surface area (Å²) in [6.45, 7) is 5.55. The van der Waals surface area contributed by atoms with Crippen molar-refractivity contribution in [2.45, 2.75) is 146 Å². The van der Waals surface area contributed by atoms with Gasteiger partial charge in [0.15, 0.2) is 5.96 Å². The lowest BCUT2D eigenvalue weighted by Gasteiger charge is -2.30. The van der Waals surface area contributed by atoms with Crippen molar-refractivity contribution in [3.63, 3.8) is 0 Å². The molecule has 3 aliphatic rings. The number of phenolic OH excluding ortho intramolecular Hbond substituents is 1. The van der Waals surface area contributed by atoms with E-state index in [0.717, 1.165) is 12.4 Å². The summed E-state index contributed by atoms with van der Waals surface area (Å²) < 4.78 is 0. The van der Waals surface area contributed by atoms with Gasteiger partial charge in [-0.2, -0.15) is 0 Å². The number of aliphatic hydroxyl groups excluding tert-OH is 1. The van der Waals surface area contributed by atoms with Crippen LogP contribution < -0.4 is 59.3 Å². The lowest BCUT2D eigenvalue weighted by atomic mass is 10.0. The molecule has 10 amide bonds. The van der Waals surface area contributed by atoms with Gasteiger partial charge in [0.2, 0.25) is 59.1 Å². The maximum atomic E-state index is 14.4. The number of para-hydroxylation sites is 1. The van der Waals surface area contributed by atoms with Crippen LogP contribution in [0.3, 0.4) is 0 Å². The van der Waals surface area contributed by atoms with Crippen LogP contribution in [0.25, 0.3) is 10.9 Å². The number of hydrogen-bond donors (Lipinski definition) is 15. The van der Waals surface area contributed by atoms with Gasteiger partial charge in [-0.15, -0.1) is 0 Å². The molecule has 4 heterocycles. The van der Waals surface area contributed by atoms with Gasteiger partial charge in [0.25, 0.3) is 5.97 Å². The molecule has 1 aromatic heterocycles. The van der Waals surface area contributed by atoms with E-state index in [4.69, 9.17) is 21.4 Å². The van der Waals surface area contributed by atoms with E-state index in [9.17, 15) is 58.2 Å². The third kappa shape index (κ3) is 21.8. The molecule has 0 bridgehead atoms. The van der Waals surface area contributed by atoms with Gasteiger partial charge in [-0.3, -0.25) is 62.7 Å². The number of aliphatic carboxylic acids is 1. The first kappa shape index (κ1) is 68.3. The molecule has 3 aliphatic heterocycles. The number of nitrogens with two attached hydrogens (primary N) is 2. The molecule has 0 saturated carbocycles. The van der Waals surface area contributed by atoms with Gasteiger partial charge in [0, 0.05) is 75.6 Å². The normalized spacial score (nSPS) is 17.8. The number of phenols is 1. The zero-order valence-corrected chi connectivity index (χ0v) is 49.0. The molecule has 30 nitrogen and oxygen atoms in total. The average Bonchev–Trinajstić information content (AvgIpc) is 2.38. The molecule has 6 rings (SSSR count). The fourth-order valence-electron chi connectivity index (χ4n) is 9.86. The van der Waals surface area contributed by atoms with Crippen molar-refractivity contribution in [1.29, 1.82) is 0 Å². The molecule has 0 spiro atoms. The number of fused-ring (bicyclic) bond motifs is 1. The minimum Gasteiger partial charge on any atom is -0.508 e. The van der Waals surface area contributed by atoms with E-state index in [1.54, 1.807) is 37.4 Å². The van der Waals surface area contributed by atoms with Crippen LogP contribution in [-0.2, 0) is 65.6 Å². The Hall–Kier alpha value is -9.48. The Labute approximate surface area is 501 Å². The Morgan fingerprint density at radius 1 is 0.782 bits per heavy atom. The van der Waals surface area contributed by atoms with Crippen LogP contribution >= 0.6 is 0 Å². The molecule has 17 N–H and O–H groups in total. The molecule has 9 atom stereocenters. The quantitative estimate of drug-likeness (QED) is 0.0181. The minimum absolute atomic E-state index is 0.0740. The lowest BCUT2D eigenvalue weighted by molar-refractivity contribution is -0.142. The van der Waals surface area contributed by atoms with Gasteiger partial charge in [0.1, 0.15) is 60.4 Å². The molecule has 0 radical (unpaired) electrons. The molecule has 2 fully saturated rings. The number of aromatic amines is 1. The number of guanidine groups is 1. The Kier molecular flexibility index (Phi) is 26.6. The number of aliphatic hydroxyl groups is 1. The van der Waals surface area contributed by atoms with Gasteiger partial charge >= 0.3 is 0 Å². The van der Waals surface area contributed by atoms with E-state index >= 15 is 0 Å². The number of nitrogens with zero attached hydrogens (tertiary/aromatic N) is 4. The number of carboxylic acid groups (broad SMARTS) is 1. The van der Waals surface area contributed by atoms with Gasteiger partial charge < -0.3 is 84.5 Å². The third-order valence-electron chi connectivity index (χ3n) is 14.1. The van der Waals surface area contributed by atoms with Gasteiger partial charge in [-0.25, -0.2) is 4.99 Å². The highest BCUT2D eigenvalue weighted by molar-refractivity contribution is 5.99.